The third-order valence-electron chi connectivity index (χ3n) is 8.00. The van der Waals surface area contributed by atoms with Gasteiger partial charge in [0.1, 0.15) is 22.9 Å². The quantitative estimate of drug-likeness (QED) is 0.0782. The van der Waals surface area contributed by atoms with Gasteiger partial charge in [0.25, 0.3) is 11.8 Å². The molecule has 246 valence electrons. The zero-order chi connectivity index (χ0) is 33.8. The van der Waals surface area contributed by atoms with Crippen LogP contribution in [0.15, 0.2) is 107 Å². The number of nitrogens with zero attached hydrogens (tertiary/aromatic N) is 3. The molecular formula is C34H32N5O7S2+. The summed E-state index contributed by atoms with van der Waals surface area (Å²) in [7, 11) is 0. The maximum Gasteiger partial charge on any atom is 0.352 e. The second-order valence-electron chi connectivity index (χ2n) is 11.4. The molecule has 0 saturated carbocycles. The second kappa shape index (κ2) is 14.4. The summed E-state index contributed by atoms with van der Waals surface area (Å²) in [6.45, 7) is 0.876. The van der Waals surface area contributed by atoms with E-state index in [1.807, 2.05) is 42.5 Å². The number of thioether (sulfide) groups is 2. The van der Waals surface area contributed by atoms with Crippen molar-refractivity contribution < 1.29 is 38.8 Å². The van der Waals surface area contributed by atoms with E-state index in [-0.39, 0.29) is 47.2 Å². The van der Waals surface area contributed by atoms with Gasteiger partial charge in [-0.3, -0.25) is 24.1 Å². The Morgan fingerprint density at radius 2 is 1.73 bits per heavy atom. The summed E-state index contributed by atoms with van der Waals surface area (Å²) >= 11 is 2.71. The average Bonchev–Trinajstić information content (AvgIpc) is 3.42. The molecule has 12 nitrogen and oxygen atoms in total. The summed E-state index contributed by atoms with van der Waals surface area (Å²) in [6, 6.07) is 18.5. The molecule has 4 heterocycles. The molecule has 14 heteroatoms. The number of likely N-dealkylation sites (tertiary alicyclic amines) is 1. The molecule has 48 heavy (non-hydrogen) atoms. The number of carbonyl (C=O) groups is 5. The van der Waals surface area contributed by atoms with Crippen molar-refractivity contribution in [2.45, 2.75) is 35.8 Å². The Morgan fingerprint density at radius 3 is 2.44 bits per heavy atom. The first-order valence-corrected chi connectivity index (χ1v) is 17.1. The summed E-state index contributed by atoms with van der Waals surface area (Å²) in [5.41, 5.74) is 2.13. The number of carbonyl (C=O) groups excluding carboxylic acids is 4. The number of anilines is 1. The molecule has 6 rings (SSSR count). The molecule has 0 bridgehead atoms. The third kappa shape index (κ3) is 7.39. The van der Waals surface area contributed by atoms with Crippen LogP contribution in [0.2, 0.25) is 0 Å². The van der Waals surface area contributed by atoms with Crippen molar-refractivity contribution in [3.8, 4) is 5.75 Å². The number of amides is 4. The number of phenols is 1. The molecule has 1 aromatic heterocycles. The van der Waals surface area contributed by atoms with Gasteiger partial charge in [-0.2, -0.15) is 4.57 Å². The van der Waals surface area contributed by atoms with Gasteiger partial charge in [-0.15, -0.1) is 23.5 Å². The van der Waals surface area contributed by atoms with Crippen molar-refractivity contribution in [2.24, 2.45) is 0 Å². The van der Waals surface area contributed by atoms with E-state index < -0.39 is 23.3 Å². The number of pyridine rings is 1. The highest BCUT2D eigenvalue weighted by Gasteiger charge is 2.54. The first-order chi connectivity index (χ1) is 23.2. The van der Waals surface area contributed by atoms with Crippen molar-refractivity contribution in [2.75, 3.05) is 23.4 Å². The Balaban J connectivity index is 1.04. The monoisotopic (exact) mass is 686 g/mol. The van der Waals surface area contributed by atoms with Crippen molar-refractivity contribution in [3.63, 3.8) is 0 Å². The molecule has 0 spiro atoms. The van der Waals surface area contributed by atoms with Crippen LogP contribution >= 0.6 is 23.5 Å². The number of phenolic OH excluding ortho intramolecular Hbond substituents is 1. The number of aliphatic carboxylic acids is 1. The molecular weight excluding hydrogens is 655 g/mol. The normalized spacial score (nSPS) is 19.6. The van der Waals surface area contributed by atoms with Crippen LogP contribution in [0.25, 0.3) is 0 Å². The highest BCUT2D eigenvalue weighted by atomic mass is 32.2. The van der Waals surface area contributed by atoms with Gasteiger partial charge in [0.15, 0.2) is 12.4 Å². The van der Waals surface area contributed by atoms with Crippen LogP contribution in [-0.4, -0.2) is 79.1 Å². The van der Waals surface area contributed by atoms with Crippen LogP contribution in [0.4, 0.5) is 5.69 Å². The fourth-order valence-corrected chi connectivity index (χ4v) is 7.66. The molecule has 2 fully saturated rings. The van der Waals surface area contributed by atoms with E-state index in [9.17, 15) is 34.2 Å². The lowest BCUT2D eigenvalue weighted by molar-refractivity contribution is -0.684. The zero-order valence-corrected chi connectivity index (χ0v) is 27.2. The van der Waals surface area contributed by atoms with Crippen LogP contribution in [-0.2, 0) is 37.1 Å². The largest absolute Gasteiger partial charge is 0.508 e. The highest BCUT2D eigenvalue weighted by Crippen LogP contribution is 2.41. The molecule has 3 aliphatic rings. The number of aromatic hydroxyl groups is 1. The van der Waals surface area contributed by atoms with Crippen LogP contribution in [0.3, 0.4) is 0 Å². The number of allylic oxidation sites excluding steroid dienone is 1. The zero-order valence-electron chi connectivity index (χ0n) is 25.6. The Kier molecular flexibility index (Phi) is 9.82. The summed E-state index contributed by atoms with van der Waals surface area (Å²) in [5.74, 6) is -1.98. The van der Waals surface area contributed by atoms with Gasteiger partial charge >= 0.3 is 5.97 Å². The fraction of sp³-hybridized carbons (Fsp3) is 0.235. The van der Waals surface area contributed by atoms with Crippen molar-refractivity contribution in [3.05, 3.63) is 108 Å². The molecule has 2 unspecified atom stereocenters. The predicted molar refractivity (Wildman–Crippen MR) is 178 cm³/mol. The molecule has 0 radical (unpaired) electrons. The Bertz CT molecular complexity index is 1810. The summed E-state index contributed by atoms with van der Waals surface area (Å²) in [6.07, 6.45) is 5.53. The van der Waals surface area contributed by atoms with Crippen molar-refractivity contribution in [1.29, 1.82) is 0 Å². The SMILES string of the molecule is O=C(C[n+]1ccc(CN2CCC(=CC3=C(C(=O)O)N4C(=O)C(NC(=O)CSc5ccccc5)C4SC3)C2=O)cc1)Nc1ccc(O)cc1. The minimum Gasteiger partial charge on any atom is -0.508 e. The summed E-state index contributed by atoms with van der Waals surface area (Å²) in [5, 5.41) is 24.4. The molecule has 0 aliphatic carbocycles. The number of fused-ring (bicyclic) bond motifs is 1. The number of carboxylic acid groups (broad SMARTS) is 1. The van der Waals surface area contributed by atoms with Gasteiger partial charge in [-0.25, -0.2) is 4.79 Å². The fourth-order valence-electron chi connectivity index (χ4n) is 5.63. The Labute approximate surface area is 284 Å². The van der Waals surface area contributed by atoms with Gasteiger partial charge in [0.2, 0.25) is 18.4 Å². The molecule has 2 atom stereocenters. The Hall–Kier alpha value is -5.08. The van der Waals surface area contributed by atoms with Gasteiger partial charge in [0.05, 0.1) is 5.75 Å². The highest BCUT2D eigenvalue weighted by molar-refractivity contribution is 8.00. The molecule has 4 N–H and O–H groups in total. The number of nitrogens with one attached hydrogen (secondary N) is 2. The van der Waals surface area contributed by atoms with Gasteiger partial charge in [0, 0.05) is 47.1 Å². The maximum atomic E-state index is 13.3. The van der Waals surface area contributed by atoms with Crippen LogP contribution in [0.1, 0.15) is 12.0 Å². The predicted octanol–water partition coefficient (Wildman–Crippen LogP) is 2.51. The molecule has 3 aliphatic heterocycles. The minimum atomic E-state index is -1.26. The lowest BCUT2D eigenvalue weighted by atomic mass is 10.0. The molecule has 3 aromatic rings. The van der Waals surface area contributed by atoms with Crippen LogP contribution in [0.5, 0.6) is 5.75 Å². The molecule has 2 saturated heterocycles. The number of benzene rings is 2. The smallest absolute Gasteiger partial charge is 0.352 e. The van der Waals surface area contributed by atoms with Gasteiger partial charge in [-0.1, -0.05) is 18.2 Å². The van der Waals surface area contributed by atoms with E-state index in [1.54, 1.807) is 40.1 Å². The van der Waals surface area contributed by atoms with E-state index >= 15 is 0 Å². The number of β-lactam (4-membered cyclic amide) rings is 1. The second-order valence-corrected chi connectivity index (χ2v) is 13.5. The van der Waals surface area contributed by atoms with Crippen molar-refractivity contribution in [1.82, 2.24) is 15.1 Å². The van der Waals surface area contributed by atoms with Crippen LogP contribution in [0, 0.1) is 0 Å². The van der Waals surface area contributed by atoms with E-state index in [1.165, 1.54) is 40.6 Å². The number of aromatic nitrogens is 1. The van der Waals surface area contributed by atoms with E-state index in [2.05, 4.69) is 10.6 Å². The first-order valence-electron chi connectivity index (χ1n) is 15.1. The number of hydrogen-bond acceptors (Lipinski definition) is 8. The van der Waals surface area contributed by atoms with Gasteiger partial charge in [-0.05, 0) is 60.0 Å². The Morgan fingerprint density at radius 1 is 1.00 bits per heavy atom. The summed E-state index contributed by atoms with van der Waals surface area (Å²) in [4.78, 5) is 67.5. The van der Waals surface area contributed by atoms with Crippen molar-refractivity contribution >= 4 is 58.8 Å². The number of carboxylic acids is 1. The first kappa shape index (κ1) is 32.8. The number of hydrogen-bond donors (Lipinski definition) is 4. The lowest BCUT2D eigenvalue weighted by Gasteiger charge is -2.49. The van der Waals surface area contributed by atoms with E-state index in [4.69, 9.17) is 0 Å². The lowest BCUT2D eigenvalue weighted by Crippen LogP contribution is -2.70. The average molecular weight is 687 g/mol. The van der Waals surface area contributed by atoms with E-state index in [0.717, 1.165) is 10.5 Å². The summed E-state index contributed by atoms with van der Waals surface area (Å²) < 4.78 is 1.71. The number of rotatable bonds is 11. The molecule has 4 amide bonds. The third-order valence-corrected chi connectivity index (χ3v) is 10.3. The molecule has 2 aromatic carbocycles. The minimum absolute atomic E-state index is 0.0799. The van der Waals surface area contributed by atoms with Crippen LogP contribution < -0.4 is 15.2 Å². The maximum absolute atomic E-state index is 13.3. The topological polar surface area (TPSA) is 160 Å². The van der Waals surface area contributed by atoms with Gasteiger partial charge < -0.3 is 25.7 Å². The standard InChI is InChI=1S/C34H31N5O7S2/c40-25-8-6-24(7-9-25)35-27(41)18-37-13-10-21(11-14-37)17-38-15-12-22(31(38)43)16-23-19-48-33-29(32(44)39(33)30(23)34(45)46)36-28(42)20-47-26-4-2-1-3-5-26/h1-11,13-14,16,29,33H,12,15,17-20H2,(H3-,35,36,40,41,42,45,46)/p+1. The van der Waals surface area contributed by atoms with E-state index in [0.29, 0.717) is 36.3 Å².